The molecule has 0 amide bonds. The van der Waals surface area contributed by atoms with Crippen LogP contribution in [0.25, 0.3) is 22.2 Å². The topological polar surface area (TPSA) is 91.4 Å². The first-order chi connectivity index (χ1) is 10.7. The van der Waals surface area contributed by atoms with E-state index in [-0.39, 0.29) is 11.7 Å². The molecule has 2 atom stereocenters. The minimum Gasteiger partial charge on any atom is -0.359 e. The van der Waals surface area contributed by atoms with E-state index in [1.165, 1.54) is 19.3 Å². The highest BCUT2D eigenvalue weighted by Gasteiger charge is 2.27. The third-order valence-electron chi connectivity index (χ3n) is 4.83. The standard InChI is InChI=1S/C15H20N6O/c1-8-5-3-4-6-10(8)21-12-9(18-15(21)22)7-17-13-11(12)19-14(16-2)20-13/h7-8,10H,3-6H2,1-2H3,(H,18,22)(H2,16,17,19,20)/t8-,10+/m1/s1. The van der Waals surface area contributed by atoms with E-state index < -0.39 is 0 Å². The molecule has 1 aliphatic carbocycles. The van der Waals surface area contributed by atoms with Crippen LogP contribution in [-0.2, 0) is 0 Å². The number of pyridine rings is 1. The summed E-state index contributed by atoms with van der Waals surface area (Å²) >= 11 is 0. The zero-order valence-corrected chi connectivity index (χ0v) is 12.8. The zero-order valence-electron chi connectivity index (χ0n) is 12.8. The highest BCUT2D eigenvalue weighted by molar-refractivity contribution is 5.99. The third kappa shape index (κ3) is 1.84. The summed E-state index contributed by atoms with van der Waals surface area (Å²) in [5, 5.41) is 2.99. The van der Waals surface area contributed by atoms with E-state index in [4.69, 9.17) is 0 Å². The molecule has 3 aromatic rings. The van der Waals surface area contributed by atoms with Crippen molar-refractivity contribution >= 4 is 28.1 Å². The Morgan fingerprint density at radius 2 is 2.14 bits per heavy atom. The number of aromatic nitrogens is 5. The predicted octanol–water partition coefficient (Wildman–Crippen LogP) is 2.39. The van der Waals surface area contributed by atoms with Gasteiger partial charge < -0.3 is 15.3 Å². The molecule has 116 valence electrons. The van der Waals surface area contributed by atoms with Gasteiger partial charge in [0.15, 0.2) is 5.65 Å². The lowest BCUT2D eigenvalue weighted by atomic mass is 9.85. The molecule has 0 bridgehead atoms. The van der Waals surface area contributed by atoms with Gasteiger partial charge in [-0.25, -0.2) is 9.78 Å². The summed E-state index contributed by atoms with van der Waals surface area (Å²) in [6.45, 7) is 2.24. The summed E-state index contributed by atoms with van der Waals surface area (Å²) in [7, 11) is 1.81. The Labute approximate surface area is 127 Å². The Bertz CT molecular complexity index is 889. The summed E-state index contributed by atoms with van der Waals surface area (Å²) in [6.07, 6.45) is 6.34. The Balaban J connectivity index is 2.02. The van der Waals surface area contributed by atoms with Gasteiger partial charge in [-0.15, -0.1) is 0 Å². The van der Waals surface area contributed by atoms with Gasteiger partial charge in [0.25, 0.3) is 0 Å². The summed E-state index contributed by atoms with van der Waals surface area (Å²) in [5.41, 5.74) is 3.05. The van der Waals surface area contributed by atoms with Crippen LogP contribution in [0.2, 0.25) is 0 Å². The lowest BCUT2D eigenvalue weighted by molar-refractivity contribution is 0.258. The van der Waals surface area contributed by atoms with Gasteiger partial charge in [-0.05, 0) is 18.8 Å². The van der Waals surface area contributed by atoms with Crippen molar-refractivity contribution in [3.63, 3.8) is 0 Å². The fourth-order valence-electron chi connectivity index (χ4n) is 3.68. The molecule has 7 nitrogen and oxygen atoms in total. The van der Waals surface area contributed by atoms with Crippen molar-refractivity contribution in [1.82, 2.24) is 24.5 Å². The Hall–Kier alpha value is -2.31. The zero-order chi connectivity index (χ0) is 15.3. The maximum absolute atomic E-state index is 12.5. The molecule has 3 aromatic heterocycles. The van der Waals surface area contributed by atoms with Crippen LogP contribution in [0.3, 0.4) is 0 Å². The lowest BCUT2D eigenvalue weighted by Gasteiger charge is -2.29. The van der Waals surface area contributed by atoms with Crippen LogP contribution in [0.1, 0.15) is 38.6 Å². The van der Waals surface area contributed by atoms with Gasteiger partial charge in [0.05, 0.1) is 17.2 Å². The number of imidazole rings is 2. The second kappa shape index (κ2) is 4.86. The Morgan fingerprint density at radius 3 is 2.91 bits per heavy atom. The second-order valence-corrected chi connectivity index (χ2v) is 6.18. The normalized spacial score (nSPS) is 22.5. The average Bonchev–Trinajstić information content (AvgIpc) is 3.07. The molecule has 0 radical (unpaired) electrons. The largest absolute Gasteiger partial charge is 0.359 e. The van der Waals surface area contributed by atoms with Crippen LogP contribution in [0.5, 0.6) is 0 Å². The van der Waals surface area contributed by atoms with Gasteiger partial charge in [-0.2, -0.15) is 4.98 Å². The summed E-state index contributed by atoms with van der Waals surface area (Å²) in [5.74, 6) is 1.16. The maximum Gasteiger partial charge on any atom is 0.326 e. The predicted molar refractivity (Wildman–Crippen MR) is 86.2 cm³/mol. The van der Waals surface area contributed by atoms with Crippen LogP contribution < -0.4 is 11.0 Å². The van der Waals surface area contributed by atoms with Crippen LogP contribution in [-0.4, -0.2) is 31.6 Å². The number of aromatic amines is 2. The van der Waals surface area contributed by atoms with E-state index in [1.54, 1.807) is 6.20 Å². The number of nitrogens with zero attached hydrogens (tertiary/aromatic N) is 3. The summed E-state index contributed by atoms with van der Waals surface area (Å²) in [6, 6.07) is 0.238. The van der Waals surface area contributed by atoms with Crippen LogP contribution in [0.4, 0.5) is 5.95 Å². The SMILES string of the molecule is CNc1nc2ncc3[nH]c(=O)n([C@H]4CCCC[C@H]4C)c3c2[nH]1. The number of H-pyrrole nitrogens is 2. The molecule has 0 unspecified atom stereocenters. The van der Waals surface area contributed by atoms with Crippen molar-refractivity contribution in [3.05, 3.63) is 16.7 Å². The average molecular weight is 300 g/mol. The Morgan fingerprint density at radius 1 is 1.32 bits per heavy atom. The first kappa shape index (κ1) is 13.4. The van der Waals surface area contributed by atoms with E-state index in [2.05, 4.69) is 32.2 Å². The van der Waals surface area contributed by atoms with Gasteiger partial charge in [0, 0.05) is 13.1 Å². The smallest absolute Gasteiger partial charge is 0.326 e. The van der Waals surface area contributed by atoms with Crippen molar-refractivity contribution in [2.75, 3.05) is 12.4 Å². The third-order valence-corrected chi connectivity index (χ3v) is 4.83. The molecule has 22 heavy (non-hydrogen) atoms. The first-order valence-corrected chi connectivity index (χ1v) is 7.85. The molecule has 1 aliphatic rings. The van der Waals surface area contributed by atoms with Crippen LogP contribution in [0.15, 0.2) is 11.0 Å². The van der Waals surface area contributed by atoms with Gasteiger partial charge in [0.2, 0.25) is 5.95 Å². The molecule has 1 fully saturated rings. The van der Waals surface area contributed by atoms with Gasteiger partial charge in [-0.3, -0.25) is 4.57 Å². The monoisotopic (exact) mass is 300 g/mol. The van der Waals surface area contributed by atoms with Crippen LogP contribution in [0, 0.1) is 5.92 Å². The number of rotatable bonds is 2. The van der Waals surface area contributed by atoms with Crippen molar-refractivity contribution in [2.24, 2.45) is 5.92 Å². The molecule has 3 heterocycles. The molecule has 0 saturated heterocycles. The summed E-state index contributed by atoms with van der Waals surface area (Å²) < 4.78 is 1.92. The van der Waals surface area contributed by atoms with Gasteiger partial charge in [0.1, 0.15) is 5.52 Å². The molecule has 3 N–H and O–H groups in total. The molecule has 1 saturated carbocycles. The summed E-state index contributed by atoms with van der Waals surface area (Å²) in [4.78, 5) is 27.4. The molecular weight excluding hydrogens is 280 g/mol. The van der Waals surface area contributed by atoms with Crippen molar-refractivity contribution in [3.8, 4) is 0 Å². The fourth-order valence-corrected chi connectivity index (χ4v) is 3.68. The Kier molecular flexibility index (Phi) is 2.95. The molecule has 7 heteroatoms. The van der Waals surface area contributed by atoms with E-state index in [9.17, 15) is 4.79 Å². The van der Waals surface area contributed by atoms with E-state index in [0.717, 1.165) is 23.0 Å². The molecule has 0 aliphatic heterocycles. The number of nitrogens with one attached hydrogen (secondary N) is 3. The van der Waals surface area contributed by atoms with E-state index in [0.29, 0.717) is 17.5 Å². The van der Waals surface area contributed by atoms with Crippen molar-refractivity contribution in [1.29, 1.82) is 0 Å². The highest BCUT2D eigenvalue weighted by Crippen LogP contribution is 2.35. The minimum atomic E-state index is -0.0522. The number of fused-ring (bicyclic) bond motifs is 3. The molecular formula is C15H20N6O. The van der Waals surface area contributed by atoms with Gasteiger partial charge >= 0.3 is 5.69 Å². The lowest BCUT2D eigenvalue weighted by Crippen LogP contribution is -2.29. The second-order valence-electron chi connectivity index (χ2n) is 6.18. The number of hydrogen-bond acceptors (Lipinski definition) is 4. The number of hydrogen-bond donors (Lipinski definition) is 3. The molecule has 0 aromatic carbocycles. The van der Waals surface area contributed by atoms with E-state index in [1.807, 2.05) is 11.6 Å². The maximum atomic E-state index is 12.5. The molecule has 0 spiro atoms. The number of anilines is 1. The van der Waals surface area contributed by atoms with Crippen molar-refractivity contribution in [2.45, 2.75) is 38.6 Å². The fraction of sp³-hybridized carbons (Fsp3) is 0.533. The van der Waals surface area contributed by atoms with Crippen LogP contribution >= 0.6 is 0 Å². The van der Waals surface area contributed by atoms with Gasteiger partial charge in [-0.1, -0.05) is 19.8 Å². The minimum absolute atomic E-state index is 0.0522. The van der Waals surface area contributed by atoms with E-state index >= 15 is 0 Å². The molecule has 4 rings (SSSR count). The van der Waals surface area contributed by atoms with Crippen molar-refractivity contribution < 1.29 is 0 Å². The first-order valence-electron chi connectivity index (χ1n) is 7.85. The highest BCUT2D eigenvalue weighted by atomic mass is 16.1. The quantitative estimate of drug-likeness (QED) is 0.677.